The van der Waals surface area contributed by atoms with Crippen molar-refractivity contribution in [2.24, 2.45) is 16.0 Å². The first kappa shape index (κ1) is 59.4. The molecule has 0 aliphatic carbocycles. The van der Waals surface area contributed by atoms with Crippen molar-refractivity contribution >= 4 is 110 Å². The summed E-state index contributed by atoms with van der Waals surface area (Å²) in [6.07, 6.45) is -1.30. The van der Waals surface area contributed by atoms with Crippen LogP contribution in [0.4, 0.5) is 49.5 Å². The van der Waals surface area contributed by atoms with E-state index in [0.717, 1.165) is 42.5 Å². The Morgan fingerprint density at radius 1 is 0.746 bits per heavy atom. The number of nitrogens with zero attached hydrogens (tertiary/aromatic N) is 5. The fourth-order valence-electron chi connectivity index (χ4n) is 4.78. The number of sulfone groups is 1. The SMILES string of the molecule is NC(=O)Nc1cc(Nc2nc(F)nc(Nc3ccc(S(=O)(=O)CCOS(=O)(=O)[O-])cc3)n2)ccc1N=Nc1cc2c(S(=O)(=O)[O-])cc(SOO[O-])cc2cc1S(=O)(=O)[O-].[Na+].[Na+].[Na+].[Na+]. The molecule has 5 aromatic rings. The molecule has 1 aromatic heterocycles. The van der Waals surface area contributed by atoms with Crippen LogP contribution in [0.25, 0.3) is 10.8 Å². The van der Waals surface area contributed by atoms with Crippen LogP contribution >= 0.6 is 12.0 Å². The summed E-state index contributed by atoms with van der Waals surface area (Å²) in [5, 5.41) is 27.8. The fourth-order valence-corrected chi connectivity index (χ4v) is 8.12. The molecule has 0 unspecified atom stereocenters. The van der Waals surface area contributed by atoms with Crippen LogP contribution in [0.15, 0.2) is 96.5 Å². The maximum absolute atomic E-state index is 14.5. The number of hydrogen-bond donors (Lipinski definition) is 4. The maximum Gasteiger partial charge on any atom is 1.00 e. The zero-order chi connectivity index (χ0) is 43.3. The van der Waals surface area contributed by atoms with Crippen LogP contribution < -0.4 is 145 Å². The number of fused-ring (bicyclic) bond motifs is 1. The third-order valence-electron chi connectivity index (χ3n) is 7.10. The number of amides is 2. The van der Waals surface area contributed by atoms with Crippen molar-refractivity contribution in [3.63, 3.8) is 0 Å². The van der Waals surface area contributed by atoms with Gasteiger partial charge in [0.1, 0.15) is 31.6 Å². The molecule has 0 bridgehead atoms. The van der Waals surface area contributed by atoms with Crippen molar-refractivity contribution < 1.29 is 194 Å². The molecule has 314 valence electrons. The average Bonchev–Trinajstić information content (AvgIpc) is 3.11. The molecule has 0 atom stereocenters. The molecule has 4 aromatic carbocycles. The Hall–Kier alpha value is -1.58. The second-order valence-electron chi connectivity index (χ2n) is 11.1. The molecular weight excluding hydrogens is 990 g/mol. The third kappa shape index (κ3) is 17.5. The van der Waals surface area contributed by atoms with Crippen LogP contribution in [0.5, 0.6) is 0 Å². The number of nitrogens with two attached hydrogens (primary N) is 1. The molecule has 5 rings (SSSR count). The van der Waals surface area contributed by atoms with Crippen LogP contribution in [0.3, 0.4) is 0 Å². The molecule has 0 saturated carbocycles. The fraction of sp³-hybridized carbons (Fsp3) is 0.0714. The number of nitrogens with one attached hydrogen (secondary N) is 3. The van der Waals surface area contributed by atoms with Crippen LogP contribution in [-0.4, -0.2) is 80.7 Å². The number of rotatable bonds is 17. The van der Waals surface area contributed by atoms with Gasteiger partial charge in [-0.05, 0) is 72.1 Å². The van der Waals surface area contributed by atoms with E-state index < -0.39 is 97.7 Å². The molecular formula is C28H20FN9Na4O16S5. The van der Waals surface area contributed by atoms with E-state index in [1.807, 2.05) is 0 Å². The monoisotopic (exact) mass is 1010 g/mol. The largest absolute Gasteiger partial charge is 1.00 e. The summed E-state index contributed by atoms with van der Waals surface area (Å²) in [5.41, 5.74) is 4.24. The minimum atomic E-state index is -5.37. The summed E-state index contributed by atoms with van der Waals surface area (Å²) in [5.74, 6) is -1.64. The number of hydrogen-bond acceptors (Lipinski definition) is 24. The molecule has 0 fully saturated rings. The number of anilines is 5. The molecule has 0 spiro atoms. The van der Waals surface area contributed by atoms with Gasteiger partial charge in [0.25, 0.3) is 0 Å². The van der Waals surface area contributed by atoms with Gasteiger partial charge in [0.15, 0.2) is 9.84 Å². The predicted octanol–water partition coefficient (Wildman–Crippen LogP) is -10.1. The van der Waals surface area contributed by atoms with Crippen molar-refractivity contribution in [2.75, 3.05) is 28.3 Å². The van der Waals surface area contributed by atoms with Gasteiger partial charge >= 0.3 is 130 Å². The van der Waals surface area contributed by atoms with Crippen LogP contribution in [-0.2, 0) is 54.0 Å². The van der Waals surface area contributed by atoms with Gasteiger partial charge in [0, 0.05) is 21.7 Å². The normalized spacial score (nSPS) is 11.7. The smallest absolute Gasteiger partial charge is 0.744 e. The van der Waals surface area contributed by atoms with Gasteiger partial charge in [-0.3, -0.25) is 9.22 Å². The summed E-state index contributed by atoms with van der Waals surface area (Å²) in [7, 11) is -19.8. The topological polar surface area (TPSA) is 399 Å². The Labute approximate surface area is 449 Å². The number of aromatic nitrogens is 3. The molecule has 5 N–H and O–H groups in total. The summed E-state index contributed by atoms with van der Waals surface area (Å²) in [4.78, 5) is 20.5. The molecule has 25 nitrogen and oxygen atoms in total. The second kappa shape index (κ2) is 25.0. The van der Waals surface area contributed by atoms with Gasteiger partial charge in [0.05, 0.1) is 44.8 Å². The Bertz CT molecular complexity index is 2950. The molecule has 35 heteroatoms. The standard InChI is InChI=1S/C28H24FN9O16S5.4Na/c29-25-34-27(31-15-1-4-18(5-2-15)56(41,42)8-7-52-59(49,50)51)36-28(35-25)32-16-3-6-20(21(11-16)33-26(30)39)37-38-22-13-19-14(10-24(22)58(46,47)48)9-17(55-54-53-40)12-23(19)57(43,44)45;;;;/h1-6,9-13,40H,7-8H2,(H3,30,33,39)(H,43,44,45)(H,46,47,48)(H,49,50,51)(H2,31,32,34,35,36);;;;/q;4*+1/p-4. The van der Waals surface area contributed by atoms with Gasteiger partial charge in [-0.2, -0.15) is 23.7 Å². The summed E-state index contributed by atoms with van der Waals surface area (Å²) in [6.45, 7) is -0.912. The van der Waals surface area contributed by atoms with E-state index in [1.54, 1.807) is 0 Å². The van der Waals surface area contributed by atoms with E-state index in [1.165, 1.54) is 18.2 Å². The van der Waals surface area contributed by atoms with Crippen LogP contribution in [0.2, 0.25) is 0 Å². The Balaban J connectivity index is 0.00000496. The zero-order valence-electron chi connectivity index (χ0n) is 32.5. The quantitative estimate of drug-likeness (QED) is 0.0128. The van der Waals surface area contributed by atoms with Crippen molar-refractivity contribution in [1.82, 2.24) is 15.0 Å². The summed E-state index contributed by atoms with van der Waals surface area (Å²) >= 11 is 0.175. The Morgan fingerprint density at radius 3 is 1.87 bits per heavy atom. The maximum atomic E-state index is 14.5. The van der Waals surface area contributed by atoms with E-state index in [2.05, 4.69) is 54.7 Å². The minimum absolute atomic E-state index is 0. The number of urea groups is 1. The van der Waals surface area contributed by atoms with Gasteiger partial charge in [-0.1, -0.05) is 0 Å². The second-order valence-corrected chi connectivity index (χ2v) is 17.7. The number of carbonyl (C=O) groups is 1. The first-order valence-electron chi connectivity index (χ1n) is 15.2. The summed E-state index contributed by atoms with van der Waals surface area (Å²) < 4.78 is 152. The third-order valence-corrected chi connectivity index (χ3v) is 11.5. The predicted molar refractivity (Wildman–Crippen MR) is 192 cm³/mol. The minimum Gasteiger partial charge on any atom is -0.744 e. The first-order valence-corrected chi connectivity index (χ1v) is 21.7. The van der Waals surface area contributed by atoms with Crippen LogP contribution in [0.1, 0.15) is 0 Å². The number of primary amides is 1. The molecule has 2 amide bonds. The number of azo groups is 1. The van der Waals surface area contributed by atoms with E-state index in [9.17, 15) is 61.8 Å². The summed E-state index contributed by atoms with van der Waals surface area (Å²) in [6, 6.07) is 10.5. The molecule has 63 heavy (non-hydrogen) atoms. The zero-order valence-corrected chi connectivity index (χ0v) is 44.6. The van der Waals surface area contributed by atoms with Crippen molar-refractivity contribution in [3.8, 4) is 0 Å². The van der Waals surface area contributed by atoms with Gasteiger partial charge in [0.2, 0.25) is 22.3 Å². The molecule has 0 aliphatic rings. The number of halogens is 1. The van der Waals surface area contributed by atoms with Gasteiger partial charge < -0.3 is 40.6 Å². The van der Waals surface area contributed by atoms with E-state index >= 15 is 0 Å². The van der Waals surface area contributed by atoms with Crippen molar-refractivity contribution in [2.45, 2.75) is 19.6 Å². The van der Waals surface area contributed by atoms with E-state index in [0.29, 0.717) is 6.07 Å². The van der Waals surface area contributed by atoms with E-state index in [4.69, 9.17) is 5.73 Å². The van der Waals surface area contributed by atoms with Crippen LogP contribution in [0, 0.1) is 6.08 Å². The number of carbonyl (C=O) groups excluding carboxylic acids is 1. The Morgan fingerprint density at radius 2 is 1.32 bits per heavy atom. The molecule has 0 saturated heterocycles. The molecule has 0 aliphatic heterocycles. The van der Waals surface area contributed by atoms with E-state index in [-0.39, 0.29) is 168 Å². The molecule has 1 heterocycles. The van der Waals surface area contributed by atoms with Crippen molar-refractivity contribution in [1.29, 1.82) is 0 Å². The number of benzene rings is 4. The van der Waals surface area contributed by atoms with Crippen molar-refractivity contribution in [3.05, 3.63) is 72.8 Å². The average molecular weight is 1010 g/mol. The Kier molecular flexibility index (Phi) is 23.6. The van der Waals surface area contributed by atoms with Gasteiger partial charge in [-0.15, -0.1) is 10.2 Å². The molecule has 0 radical (unpaired) electrons. The van der Waals surface area contributed by atoms with Gasteiger partial charge in [-0.25, -0.2) is 38.5 Å². The first-order chi connectivity index (χ1) is 27.5.